The standard InChI is InChI=1S/C12H19N5O/c1-7(2)8(3)5-17-10-9(16-12(17)13)11(18-4)15-6-14-10/h6-8H,5H2,1-4H3,(H2,13,16). The van der Waals surface area contributed by atoms with E-state index in [4.69, 9.17) is 10.5 Å². The summed E-state index contributed by atoms with van der Waals surface area (Å²) in [6.45, 7) is 7.36. The molecule has 0 fully saturated rings. The Balaban J connectivity index is 2.48. The van der Waals surface area contributed by atoms with Crippen molar-refractivity contribution in [3.05, 3.63) is 6.33 Å². The molecule has 0 radical (unpaired) electrons. The number of nitrogens with zero attached hydrogens (tertiary/aromatic N) is 4. The minimum atomic E-state index is 0.455. The molecule has 0 aliphatic carbocycles. The van der Waals surface area contributed by atoms with E-state index >= 15 is 0 Å². The molecule has 98 valence electrons. The quantitative estimate of drug-likeness (QED) is 0.892. The number of anilines is 1. The van der Waals surface area contributed by atoms with Gasteiger partial charge in [-0.25, -0.2) is 9.97 Å². The average Bonchev–Trinajstić information content (AvgIpc) is 2.65. The molecule has 18 heavy (non-hydrogen) atoms. The van der Waals surface area contributed by atoms with Gasteiger partial charge in [-0.15, -0.1) is 0 Å². The fourth-order valence-electron chi connectivity index (χ4n) is 1.76. The lowest BCUT2D eigenvalue weighted by Gasteiger charge is -2.16. The van der Waals surface area contributed by atoms with Crippen LogP contribution in [0.3, 0.4) is 0 Å². The van der Waals surface area contributed by atoms with E-state index in [9.17, 15) is 0 Å². The van der Waals surface area contributed by atoms with Crippen LogP contribution in [-0.4, -0.2) is 26.6 Å². The normalized spacial score (nSPS) is 13.2. The zero-order valence-corrected chi connectivity index (χ0v) is 11.2. The summed E-state index contributed by atoms with van der Waals surface area (Å²) in [7, 11) is 1.56. The Morgan fingerprint density at radius 1 is 1.33 bits per heavy atom. The smallest absolute Gasteiger partial charge is 0.245 e. The van der Waals surface area contributed by atoms with Crippen molar-refractivity contribution in [3.63, 3.8) is 0 Å². The van der Waals surface area contributed by atoms with Crippen LogP contribution < -0.4 is 10.5 Å². The molecule has 0 spiro atoms. The molecule has 2 aromatic rings. The first kappa shape index (κ1) is 12.6. The Kier molecular flexibility index (Phi) is 3.36. The molecule has 0 bridgehead atoms. The molecule has 1 atom stereocenters. The molecule has 6 nitrogen and oxygen atoms in total. The molecule has 2 N–H and O–H groups in total. The zero-order chi connectivity index (χ0) is 13.3. The molecular formula is C12H19N5O. The number of nitrogens with two attached hydrogens (primary N) is 1. The third-order valence-corrected chi connectivity index (χ3v) is 3.33. The molecule has 6 heteroatoms. The van der Waals surface area contributed by atoms with Gasteiger partial charge >= 0.3 is 0 Å². The highest BCUT2D eigenvalue weighted by atomic mass is 16.5. The average molecular weight is 249 g/mol. The fourth-order valence-corrected chi connectivity index (χ4v) is 1.76. The monoisotopic (exact) mass is 249 g/mol. The van der Waals surface area contributed by atoms with Crippen LogP contribution in [0.25, 0.3) is 11.2 Å². The molecule has 0 saturated heterocycles. The predicted octanol–water partition coefficient (Wildman–Crippen LogP) is 1.71. The van der Waals surface area contributed by atoms with Crippen LogP contribution in [0.2, 0.25) is 0 Å². The lowest BCUT2D eigenvalue weighted by atomic mass is 9.98. The highest BCUT2D eigenvalue weighted by Gasteiger charge is 2.17. The van der Waals surface area contributed by atoms with Gasteiger partial charge in [0, 0.05) is 6.54 Å². The second-order valence-corrected chi connectivity index (χ2v) is 4.86. The van der Waals surface area contributed by atoms with Crippen LogP contribution in [-0.2, 0) is 6.54 Å². The lowest BCUT2D eigenvalue weighted by Crippen LogP contribution is -2.15. The summed E-state index contributed by atoms with van der Waals surface area (Å²) in [6.07, 6.45) is 1.47. The van der Waals surface area contributed by atoms with E-state index in [0.717, 1.165) is 12.2 Å². The van der Waals surface area contributed by atoms with Crippen LogP contribution in [0, 0.1) is 11.8 Å². The fraction of sp³-hybridized carbons (Fsp3) is 0.583. The van der Waals surface area contributed by atoms with Crippen LogP contribution in [0.4, 0.5) is 5.95 Å². The van der Waals surface area contributed by atoms with E-state index in [1.54, 1.807) is 7.11 Å². The first-order valence-electron chi connectivity index (χ1n) is 6.05. The topological polar surface area (TPSA) is 78.8 Å². The molecule has 0 aliphatic heterocycles. The molecule has 0 aromatic carbocycles. The van der Waals surface area contributed by atoms with Crippen molar-refractivity contribution in [1.82, 2.24) is 19.5 Å². The summed E-state index contributed by atoms with van der Waals surface area (Å²) in [5.41, 5.74) is 7.30. The van der Waals surface area contributed by atoms with Crippen molar-refractivity contribution >= 4 is 17.1 Å². The molecule has 2 aromatic heterocycles. The highest BCUT2D eigenvalue weighted by molar-refractivity contribution is 5.78. The van der Waals surface area contributed by atoms with Crippen molar-refractivity contribution in [2.75, 3.05) is 12.8 Å². The number of aromatic nitrogens is 4. The van der Waals surface area contributed by atoms with E-state index in [0.29, 0.717) is 29.2 Å². The third-order valence-electron chi connectivity index (χ3n) is 3.33. The Hall–Kier alpha value is -1.85. The van der Waals surface area contributed by atoms with E-state index in [1.807, 2.05) is 4.57 Å². The lowest BCUT2D eigenvalue weighted by molar-refractivity contribution is 0.370. The molecule has 0 aliphatic rings. The Bertz CT molecular complexity index is 549. The molecule has 2 heterocycles. The predicted molar refractivity (Wildman–Crippen MR) is 70.3 cm³/mol. The van der Waals surface area contributed by atoms with Gasteiger partial charge in [-0.3, -0.25) is 4.57 Å². The maximum absolute atomic E-state index is 5.95. The summed E-state index contributed by atoms with van der Waals surface area (Å²) in [6, 6.07) is 0. The van der Waals surface area contributed by atoms with Crippen molar-refractivity contribution in [3.8, 4) is 5.88 Å². The molecule has 2 rings (SSSR count). The van der Waals surface area contributed by atoms with Gasteiger partial charge in [0.05, 0.1) is 7.11 Å². The summed E-state index contributed by atoms with van der Waals surface area (Å²) in [5, 5.41) is 0. The maximum atomic E-state index is 5.95. The van der Waals surface area contributed by atoms with Gasteiger partial charge in [-0.1, -0.05) is 20.8 Å². The number of nitrogen functional groups attached to an aromatic ring is 1. The van der Waals surface area contributed by atoms with E-state index in [1.165, 1.54) is 6.33 Å². The second kappa shape index (κ2) is 4.80. The van der Waals surface area contributed by atoms with Gasteiger partial charge < -0.3 is 10.5 Å². The van der Waals surface area contributed by atoms with Crippen LogP contribution >= 0.6 is 0 Å². The van der Waals surface area contributed by atoms with Gasteiger partial charge in [0.25, 0.3) is 0 Å². The second-order valence-electron chi connectivity index (χ2n) is 4.86. The van der Waals surface area contributed by atoms with Gasteiger partial charge in [0.1, 0.15) is 6.33 Å². The summed E-state index contributed by atoms with van der Waals surface area (Å²) in [5.74, 6) is 1.98. The maximum Gasteiger partial charge on any atom is 0.245 e. The van der Waals surface area contributed by atoms with Gasteiger partial charge in [-0.2, -0.15) is 4.98 Å². The number of methoxy groups -OCH3 is 1. The number of fused-ring (bicyclic) bond motifs is 1. The van der Waals surface area contributed by atoms with Crippen molar-refractivity contribution in [2.45, 2.75) is 27.3 Å². The first-order chi connectivity index (χ1) is 8.54. The van der Waals surface area contributed by atoms with Gasteiger partial charge in [0.2, 0.25) is 11.8 Å². The van der Waals surface area contributed by atoms with Gasteiger partial charge in [0.15, 0.2) is 11.2 Å². The van der Waals surface area contributed by atoms with E-state index in [-0.39, 0.29) is 0 Å². The molecule has 0 amide bonds. The largest absolute Gasteiger partial charge is 0.479 e. The van der Waals surface area contributed by atoms with Crippen LogP contribution in [0.15, 0.2) is 6.33 Å². The van der Waals surface area contributed by atoms with Gasteiger partial charge in [-0.05, 0) is 11.8 Å². The molecule has 0 saturated carbocycles. The van der Waals surface area contributed by atoms with E-state index in [2.05, 4.69) is 35.7 Å². The van der Waals surface area contributed by atoms with Crippen molar-refractivity contribution in [1.29, 1.82) is 0 Å². The van der Waals surface area contributed by atoms with E-state index < -0.39 is 0 Å². The summed E-state index contributed by atoms with van der Waals surface area (Å²) < 4.78 is 7.09. The SMILES string of the molecule is COc1ncnc2c1nc(N)n2CC(C)C(C)C. The third kappa shape index (κ3) is 2.10. The number of rotatable bonds is 4. The Labute approximate surface area is 106 Å². The summed E-state index contributed by atoms with van der Waals surface area (Å²) in [4.78, 5) is 12.6. The first-order valence-corrected chi connectivity index (χ1v) is 6.05. The van der Waals surface area contributed by atoms with Crippen LogP contribution in [0.5, 0.6) is 5.88 Å². The molecule has 1 unspecified atom stereocenters. The number of hydrogen-bond donors (Lipinski definition) is 1. The number of hydrogen-bond acceptors (Lipinski definition) is 5. The minimum absolute atomic E-state index is 0.455. The Morgan fingerprint density at radius 2 is 2.06 bits per heavy atom. The Morgan fingerprint density at radius 3 is 2.67 bits per heavy atom. The number of ether oxygens (including phenoxy) is 1. The van der Waals surface area contributed by atoms with Crippen molar-refractivity contribution < 1.29 is 4.74 Å². The van der Waals surface area contributed by atoms with Crippen LogP contribution in [0.1, 0.15) is 20.8 Å². The zero-order valence-electron chi connectivity index (χ0n) is 11.2. The summed E-state index contributed by atoms with van der Waals surface area (Å²) >= 11 is 0. The van der Waals surface area contributed by atoms with Crippen molar-refractivity contribution in [2.24, 2.45) is 11.8 Å². The number of imidazole rings is 1. The highest BCUT2D eigenvalue weighted by Crippen LogP contribution is 2.24. The minimum Gasteiger partial charge on any atom is -0.479 e. The molecular weight excluding hydrogens is 230 g/mol.